The summed E-state index contributed by atoms with van der Waals surface area (Å²) in [7, 11) is 0. The molecule has 3 aromatic rings. The van der Waals surface area contributed by atoms with Gasteiger partial charge >= 0.3 is 0 Å². The van der Waals surface area contributed by atoms with Crippen LogP contribution in [0.25, 0.3) is 5.52 Å². The van der Waals surface area contributed by atoms with Gasteiger partial charge in [-0.3, -0.25) is 9.78 Å². The van der Waals surface area contributed by atoms with E-state index in [0.29, 0.717) is 22.6 Å². The first-order valence-corrected chi connectivity index (χ1v) is 5.96. The second kappa shape index (κ2) is 4.61. The number of aromatic nitrogens is 4. The monoisotopic (exact) mass is 268 g/mol. The molecule has 3 heterocycles. The van der Waals surface area contributed by atoms with Crippen LogP contribution in [0.3, 0.4) is 0 Å². The highest BCUT2D eigenvalue weighted by Gasteiger charge is 2.14. The van der Waals surface area contributed by atoms with Crippen LogP contribution in [-0.2, 0) is 0 Å². The first-order chi connectivity index (χ1) is 9.65. The Hall–Kier alpha value is -2.96. The molecule has 0 spiro atoms. The number of amides is 1. The summed E-state index contributed by atoms with van der Waals surface area (Å²) in [5, 5.41) is 6.84. The number of nitrogen functional groups attached to an aromatic ring is 1. The lowest BCUT2D eigenvalue weighted by molar-refractivity contribution is 0.102. The Morgan fingerprint density at radius 1 is 1.35 bits per heavy atom. The smallest absolute Gasteiger partial charge is 0.260 e. The van der Waals surface area contributed by atoms with E-state index in [2.05, 4.69) is 20.4 Å². The van der Waals surface area contributed by atoms with Crippen LogP contribution >= 0.6 is 0 Å². The van der Waals surface area contributed by atoms with Crippen molar-refractivity contribution in [1.29, 1.82) is 0 Å². The van der Waals surface area contributed by atoms with Gasteiger partial charge in [0.05, 0.1) is 35.4 Å². The minimum absolute atomic E-state index is 0.284. The molecule has 0 aliphatic rings. The maximum atomic E-state index is 12.3. The molecule has 0 bridgehead atoms. The number of nitrogens with two attached hydrogens (primary N) is 1. The quantitative estimate of drug-likeness (QED) is 0.729. The molecule has 7 nitrogen and oxygen atoms in total. The number of anilines is 2. The lowest BCUT2D eigenvalue weighted by Crippen LogP contribution is -2.14. The lowest BCUT2D eigenvalue weighted by Gasteiger charge is -2.07. The summed E-state index contributed by atoms with van der Waals surface area (Å²) in [6.07, 6.45) is 7.87. The van der Waals surface area contributed by atoms with Crippen LogP contribution in [0.1, 0.15) is 15.9 Å². The molecule has 3 aromatic heterocycles. The summed E-state index contributed by atoms with van der Waals surface area (Å²) in [5.74, 6) is 0.195. The third-order valence-electron chi connectivity index (χ3n) is 2.90. The summed E-state index contributed by atoms with van der Waals surface area (Å²) >= 11 is 0. The molecule has 0 aromatic carbocycles. The van der Waals surface area contributed by atoms with Crippen LogP contribution < -0.4 is 11.1 Å². The van der Waals surface area contributed by atoms with Crippen molar-refractivity contribution in [2.24, 2.45) is 0 Å². The number of pyridine rings is 1. The fourth-order valence-electron chi connectivity index (χ4n) is 1.91. The van der Waals surface area contributed by atoms with Gasteiger partial charge in [0.15, 0.2) is 0 Å². The second-order valence-electron chi connectivity index (χ2n) is 4.35. The fraction of sp³-hybridized carbons (Fsp3) is 0.0769. The molecule has 0 aliphatic heterocycles. The fourth-order valence-corrected chi connectivity index (χ4v) is 1.91. The van der Waals surface area contributed by atoms with Gasteiger partial charge in [-0.15, -0.1) is 0 Å². The van der Waals surface area contributed by atoms with Gasteiger partial charge in [-0.25, -0.2) is 9.50 Å². The number of carbonyl (C=O) groups is 1. The van der Waals surface area contributed by atoms with E-state index in [1.54, 1.807) is 29.2 Å². The van der Waals surface area contributed by atoms with Crippen LogP contribution in [0.2, 0.25) is 0 Å². The maximum absolute atomic E-state index is 12.3. The summed E-state index contributed by atoms with van der Waals surface area (Å²) in [6.45, 7) is 1.83. The van der Waals surface area contributed by atoms with E-state index in [1.165, 1.54) is 12.4 Å². The predicted molar refractivity (Wildman–Crippen MR) is 74.3 cm³/mol. The number of hydrogen-bond acceptors (Lipinski definition) is 5. The van der Waals surface area contributed by atoms with E-state index in [0.717, 1.165) is 5.56 Å². The van der Waals surface area contributed by atoms with E-state index in [4.69, 9.17) is 5.73 Å². The third kappa shape index (κ3) is 2.05. The predicted octanol–water partition coefficient (Wildman–Crippen LogP) is 1.27. The van der Waals surface area contributed by atoms with Gasteiger partial charge in [0, 0.05) is 12.4 Å². The van der Waals surface area contributed by atoms with E-state index < -0.39 is 0 Å². The molecule has 1 amide bonds. The van der Waals surface area contributed by atoms with Crippen LogP contribution in [0.15, 0.2) is 37.1 Å². The Morgan fingerprint density at radius 3 is 3.00 bits per heavy atom. The first kappa shape index (κ1) is 12.1. The molecule has 0 saturated carbocycles. The highest BCUT2D eigenvalue weighted by Crippen LogP contribution is 2.16. The molecule has 0 atom stereocenters. The molecular weight excluding hydrogens is 256 g/mol. The van der Waals surface area contributed by atoms with Crippen molar-refractivity contribution >= 4 is 22.9 Å². The molecule has 0 saturated heterocycles. The van der Waals surface area contributed by atoms with Crippen molar-refractivity contribution in [2.45, 2.75) is 6.92 Å². The molecule has 0 fully saturated rings. The largest absolute Gasteiger partial charge is 0.397 e. The number of carbonyl (C=O) groups excluding carboxylic acids is 1. The van der Waals surface area contributed by atoms with Crippen LogP contribution in [0.5, 0.6) is 0 Å². The van der Waals surface area contributed by atoms with Crippen molar-refractivity contribution in [2.75, 3.05) is 11.1 Å². The molecule has 3 rings (SSSR count). The first-order valence-electron chi connectivity index (χ1n) is 5.96. The Morgan fingerprint density at radius 2 is 2.20 bits per heavy atom. The minimum Gasteiger partial charge on any atom is -0.397 e. The molecule has 0 unspecified atom stereocenters. The third-order valence-corrected chi connectivity index (χ3v) is 2.90. The number of fused-ring (bicyclic) bond motifs is 1. The zero-order valence-corrected chi connectivity index (χ0v) is 10.7. The molecule has 3 N–H and O–H groups in total. The van der Waals surface area contributed by atoms with Gasteiger partial charge in [0.1, 0.15) is 5.82 Å². The maximum Gasteiger partial charge on any atom is 0.260 e. The van der Waals surface area contributed by atoms with E-state index in [-0.39, 0.29) is 5.91 Å². The standard InChI is InChI=1S/C13H12N6O/c1-8-4-9(14)5-16-12(8)18-13(20)10-6-17-19-3-2-15-7-11(10)19/h2-7H,14H2,1H3,(H,16,18,20). The number of hydrogen-bond donors (Lipinski definition) is 2. The molecule has 0 radical (unpaired) electrons. The van der Waals surface area contributed by atoms with E-state index >= 15 is 0 Å². The van der Waals surface area contributed by atoms with Crippen molar-refractivity contribution in [3.8, 4) is 0 Å². The number of rotatable bonds is 2. The van der Waals surface area contributed by atoms with Gasteiger partial charge in [-0.05, 0) is 18.6 Å². The Kier molecular flexibility index (Phi) is 2.79. The summed E-state index contributed by atoms with van der Waals surface area (Å²) in [6, 6.07) is 1.75. The van der Waals surface area contributed by atoms with Crippen molar-refractivity contribution < 1.29 is 4.79 Å². The summed E-state index contributed by atoms with van der Waals surface area (Å²) in [5.41, 5.74) is 8.06. The van der Waals surface area contributed by atoms with Crippen molar-refractivity contribution in [3.05, 3.63) is 48.2 Å². The second-order valence-corrected chi connectivity index (χ2v) is 4.35. The lowest BCUT2D eigenvalue weighted by atomic mass is 10.2. The van der Waals surface area contributed by atoms with Crippen LogP contribution in [0, 0.1) is 6.92 Å². The number of nitrogens with one attached hydrogen (secondary N) is 1. The Bertz CT molecular complexity index is 794. The molecule has 0 aliphatic carbocycles. The van der Waals surface area contributed by atoms with Crippen molar-refractivity contribution in [3.63, 3.8) is 0 Å². The van der Waals surface area contributed by atoms with Gasteiger partial charge in [0.2, 0.25) is 0 Å². The average molecular weight is 268 g/mol. The SMILES string of the molecule is Cc1cc(N)cnc1NC(=O)c1cnn2ccncc12. The van der Waals surface area contributed by atoms with Crippen LogP contribution in [0.4, 0.5) is 11.5 Å². The van der Waals surface area contributed by atoms with Gasteiger partial charge < -0.3 is 11.1 Å². The highest BCUT2D eigenvalue weighted by molar-refractivity contribution is 6.08. The minimum atomic E-state index is -0.284. The Balaban J connectivity index is 1.93. The van der Waals surface area contributed by atoms with Gasteiger partial charge in [-0.2, -0.15) is 5.10 Å². The topological polar surface area (TPSA) is 98.2 Å². The highest BCUT2D eigenvalue weighted by atomic mass is 16.1. The molecule has 7 heteroatoms. The molecule has 100 valence electrons. The average Bonchev–Trinajstić information content (AvgIpc) is 2.86. The van der Waals surface area contributed by atoms with E-state index in [9.17, 15) is 4.79 Å². The zero-order chi connectivity index (χ0) is 14.1. The molecule has 20 heavy (non-hydrogen) atoms. The normalized spacial score (nSPS) is 10.7. The summed E-state index contributed by atoms with van der Waals surface area (Å²) < 4.78 is 1.59. The van der Waals surface area contributed by atoms with Gasteiger partial charge in [-0.1, -0.05) is 0 Å². The zero-order valence-electron chi connectivity index (χ0n) is 10.7. The summed E-state index contributed by atoms with van der Waals surface area (Å²) in [4.78, 5) is 20.4. The Labute approximate surface area is 114 Å². The molecular formula is C13H12N6O. The van der Waals surface area contributed by atoms with Gasteiger partial charge in [0.25, 0.3) is 5.91 Å². The van der Waals surface area contributed by atoms with E-state index in [1.807, 2.05) is 6.92 Å². The van der Waals surface area contributed by atoms with Crippen LogP contribution in [-0.4, -0.2) is 25.5 Å². The number of nitrogens with zero attached hydrogens (tertiary/aromatic N) is 4. The number of aryl methyl sites for hydroxylation is 1. The van der Waals surface area contributed by atoms with Crippen molar-refractivity contribution in [1.82, 2.24) is 19.6 Å².